The lowest BCUT2D eigenvalue weighted by atomic mass is 10.2. The highest BCUT2D eigenvalue weighted by atomic mass is 16.5. The summed E-state index contributed by atoms with van der Waals surface area (Å²) in [6.07, 6.45) is 0.198. The monoisotopic (exact) mass is 277 g/mol. The summed E-state index contributed by atoms with van der Waals surface area (Å²) in [6.45, 7) is 9.38. The molecule has 1 heterocycles. The third-order valence-corrected chi connectivity index (χ3v) is 3.02. The van der Waals surface area contributed by atoms with Crippen molar-refractivity contribution in [3.05, 3.63) is 18.2 Å². The third kappa shape index (κ3) is 3.04. The standard InChI is InChI=1S/C15H23N3O2/c1-5-19-11(4)9-18-12-7-6-8-13(20-10(2)3)14(12)17-15(18)16/h6-8,10-11H,5,9H2,1-4H3,(H2,16,17). The molecule has 110 valence electrons. The van der Waals surface area contributed by atoms with Crippen LogP contribution in [0.2, 0.25) is 0 Å². The summed E-state index contributed by atoms with van der Waals surface area (Å²) in [5.41, 5.74) is 7.82. The third-order valence-electron chi connectivity index (χ3n) is 3.02. The van der Waals surface area contributed by atoms with Gasteiger partial charge in [0.25, 0.3) is 0 Å². The molecule has 0 aliphatic carbocycles. The van der Waals surface area contributed by atoms with Crippen LogP contribution in [0.15, 0.2) is 18.2 Å². The highest BCUT2D eigenvalue weighted by Gasteiger charge is 2.15. The summed E-state index contributed by atoms with van der Waals surface area (Å²) >= 11 is 0. The van der Waals surface area contributed by atoms with Crippen molar-refractivity contribution in [3.8, 4) is 5.75 Å². The molecule has 0 bridgehead atoms. The van der Waals surface area contributed by atoms with Gasteiger partial charge in [0.1, 0.15) is 11.3 Å². The molecule has 5 nitrogen and oxygen atoms in total. The predicted molar refractivity (Wildman–Crippen MR) is 81.0 cm³/mol. The molecule has 1 aromatic carbocycles. The number of hydrogen-bond donors (Lipinski definition) is 1. The SMILES string of the molecule is CCOC(C)Cn1c(N)nc2c(OC(C)C)cccc21. The number of nitrogens with zero attached hydrogens (tertiary/aromatic N) is 2. The largest absolute Gasteiger partial charge is 0.489 e. The maximum atomic E-state index is 6.04. The van der Waals surface area contributed by atoms with Crippen LogP contribution in [0.25, 0.3) is 11.0 Å². The van der Waals surface area contributed by atoms with Gasteiger partial charge < -0.3 is 19.8 Å². The predicted octanol–water partition coefficient (Wildman–Crippen LogP) is 2.83. The van der Waals surface area contributed by atoms with Crippen molar-refractivity contribution in [1.82, 2.24) is 9.55 Å². The van der Waals surface area contributed by atoms with Gasteiger partial charge in [-0.05, 0) is 39.8 Å². The van der Waals surface area contributed by atoms with Crippen LogP contribution in [0.4, 0.5) is 5.95 Å². The molecule has 1 unspecified atom stereocenters. The number of ether oxygens (including phenoxy) is 2. The van der Waals surface area contributed by atoms with Gasteiger partial charge in [-0.15, -0.1) is 0 Å². The van der Waals surface area contributed by atoms with E-state index in [9.17, 15) is 0 Å². The van der Waals surface area contributed by atoms with Crippen LogP contribution in [0.1, 0.15) is 27.7 Å². The Balaban J connectivity index is 2.38. The lowest BCUT2D eigenvalue weighted by molar-refractivity contribution is 0.0652. The van der Waals surface area contributed by atoms with Gasteiger partial charge in [-0.1, -0.05) is 6.07 Å². The normalized spacial score (nSPS) is 13.1. The highest BCUT2D eigenvalue weighted by Crippen LogP contribution is 2.28. The van der Waals surface area contributed by atoms with E-state index in [-0.39, 0.29) is 12.2 Å². The molecule has 0 fully saturated rings. The fraction of sp³-hybridized carbons (Fsp3) is 0.533. The summed E-state index contributed by atoms with van der Waals surface area (Å²) in [6, 6.07) is 5.89. The molecule has 0 aliphatic rings. The van der Waals surface area contributed by atoms with E-state index in [2.05, 4.69) is 4.98 Å². The molecule has 0 amide bonds. The molecule has 0 radical (unpaired) electrons. The molecule has 2 aromatic rings. The van der Waals surface area contributed by atoms with E-state index < -0.39 is 0 Å². The van der Waals surface area contributed by atoms with Crippen LogP contribution in [0.3, 0.4) is 0 Å². The number of hydrogen-bond acceptors (Lipinski definition) is 4. The Morgan fingerprint density at radius 1 is 1.30 bits per heavy atom. The van der Waals surface area contributed by atoms with Crippen LogP contribution in [0, 0.1) is 0 Å². The Morgan fingerprint density at radius 3 is 2.70 bits per heavy atom. The lowest BCUT2D eigenvalue weighted by Gasteiger charge is -2.14. The lowest BCUT2D eigenvalue weighted by Crippen LogP contribution is -2.17. The zero-order chi connectivity index (χ0) is 14.7. The smallest absolute Gasteiger partial charge is 0.201 e. The molecule has 0 aliphatic heterocycles. The number of nitrogen functional groups attached to an aromatic ring is 1. The summed E-state index contributed by atoms with van der Waals surface area (Å²) in [4.78, 5) is 4.44. The van der Waals surface area contributed by atoms with E-state index in [4.69, 9.17) is 15.2 Å². The van der Waals surface area contributed by atoms with E-state index in [1.165, 1.54) is 0 Å². The molecule has 0 saturated heterocycles. The number of fused-ring (bicyclic) bond motifs is 1. The minimum atomic E-state index is 0.0920. The average molecular weight is 277 g/mol. The van der Waals surface area contributed by atoms with Crippen molar-refractivity contribution in [3.63, 3.8) is 0 Å². The number of imidazole rings is 1. The number of nitrogens with two attached hydrogens (primary N) is 1. The van der Waals surface area contributed by atoms with Crippen LogP contribution < -0.4 is 10.5 Å². The minimum absolute atomic E-state index is 0.0920. The van der Waals surface area contributed by atoms with Crippen LogP contribution >= 0.6 is 0 Å². The summed E-state index contributed by atoms with van der Waals surface area (Å²) < 4.78 is 13.3. The zero-order valence-electron chi connectivity index (χ0n) is 12.6. The van der Waals surface area contributed by atoms with Crippen molar-refractivity contribution in [2.24, 2.45) is 0 Å². The number of anilines is 1. The van der Waals surface area contributed by atoms with Crippen LogP contribution in [-0.2, 0) is 11.3 Å². The Hall–Kier alpha value is -1.75. The first-order valence-electron chi connectivity index (χ1n) is 7.05. The fourth-order valence-electron chi connectivity index (χ4n) is 2.27. The van der Waals surface area contributed by atoms with E-state index in [0.717, 1.165) is 16.8 Å². The Bertz CT molecular complexity index is 578. The summed E-state index contributed by atoms with van der Waals surface area (Å²) in [7, 11) is 0. The Kier molecular flexibility index (Phi) is 4.49. The highest BCUT2D eigenvalue weighted by molar-refractivity contribution is 5.84. The van der Waals surface area contributed by atoms with Gasteiger partial charge in [0, 0.05) is 6.61 Å². The second-order valence-corrected chi connectivity index (χ2v) is 5.14. The Labute approximate surface area is 119 Å². The molecular formula is C15H23N3O2. The molecule has 1 aromatic heterocycles. The van der Waals surface area contributed by atoms with E-state index in [0.29, 0.717) is 19.1 Å². The van der Waals surface area contributed by atoms with Crippen molar-refractivity contribution < 1.29 is 9.47 Å². The van der Waals surface area contributed by atoms with Crippen molar-refractivity contribution in [2.45, 2.75) is 46.4 Å². The average Bonchev–Trinajstić information content (AvgIpc) is 2.67. The van der Waals surface area contributed by atoms with Gasteiger partial charge >= 0.3 is 0 Å². The first-order chi connectivity index (χ1) is 9.52. The first-order valence-corrected chi connectivity index (χ1v) is 7.05. The molecular weight excluding hydrogens is 254 g/mol. The van der Waals surface area contributed by atoms with Crippen LogP contribution in [-0.4, -0.2) is 28.4 Å². The number of rotatable bonds is 6. The second kappa shape index (κ2) is 6.13. The molecule has 1 atom stereocenters. The van der Waals surface area contributed by atoms with Gasteiger partial charge in [-0.25, -0.2) is 4.98 Å². The minimum Gasteiger partial charge on any atom is -0.489 e. The molecule has 5 heteroatoms. The Morgan fingerprint density at radius 2 is 2.05 bits per heavy atom. The maximum absolute atomic E-state index is 6.04. The van der Waals surface area contributed by atoms with Gasteiger partial charge in [-0.3, -0.25) is 0 Å². The van der Waals surface area contributed by atoms with Gasteiger partial charge in [0.05, 0.1) is 24.3 Å². The van der Waals surface area contributed by atoms with Crippen molar-refractivity contribution >= 4 is 17.0 Å². The topological polar surface area (TPSA) is 62.3 Å². The number of benzene rings is 1. The van der Waals surface area contributed by atoms with Crippen molar-refractivity contribution in [1.29, 1.82) is 0 Å². The van der Waals surface area contributed by atoms with E-state index in [1.807, 2.05) is 50.5 Å². The van der Waals surface area contributed by atoms with E-state index in [1.54, 1.807) is 0 Å². The molecule has 2 N–H and O–H groups in total. The summed E-state index contributed by atoms with van der Waals surface area (Å²) in [5.74, 6) is 1.26. The fourth-order valence-corrected chi connectivity index (χ4v) is 2.27. The zero-order valence-corrected chi connectivity index (χ0v) is 12.6. The number of para-hydroxylation sites is 1. The number of aromatic nitrogens is 2. The molecule has 0 spiro atoms. The maximum Gasteiger partial charge on any atom is 0.201 e. The molecule has 2 rings (SSSR count). The van der Waals surface area contributed by atoms with Crippen LogP contribution in [0.5, 0.6) is 5.75 Å². The van der Waals surface area contributed by atoms with Gasteiger partial charge in [0.15, 0.2) is 0 Å². The van der Waals surface area contributed by atoms with Crippen molar-refractivity contribution in [2.75, 3.05) is 12.3 Å². The molecule has 0 saturated carbocycles. The van der Waals surface area contributed by atoms with Gasteiger partial charge in [-0.2, -0.15) is 0 Å². The first kappa shape index (κ1) is 14.7. The second-order valence-electron chi connectivity index (χ2n) is 5.14. The molecule has 20 heavy (non-hydrogen) atoms. The van der Waals surface area contributed by atoms with Gasteiger partial charge in [0.2, 0.25) is 5.95 Å². The quantitative estimate of drug-likeness (QED) is 0.882. The summed E-state index contributed by atoms with van der Waals surface area (Å²) in [5, 5.41) is 0. The van der Waals surface area contributed by atoms with E-state index >= 15 is 0 Å².